The molecule has 0 atom stereocenters. The average molecular weight is 182 g/mol. The summed E-state index contributed by atoms with van der Waals surface area (Å²) in [5, 5.41) is 13.1. The maximum atomic E-state index is 9.12. The standard InChI is InChI=1S/C9H14N2O2/c1-7-8(6-12)9(10-13-7)11-4-2-3-5-11/h12H,2-6H2,1H3. The molecule has 1 aromatic rings. The summed E-state index contributed by atoms with van der Waals surface area (Å²) in [4.78, 5) is 2.17. The Balaban J connectivity index is 2.27. The number of nitrogens with zero attached hydrogens (tertiary/aromatic N) is 2. The van der Waals surface area contributed by atoms with Crippen LogP contribution in [0.3, 0.4) is 0 Å². The Morgan fingerprint density at radius 1 is 1.46 bits per heavy atom. The summed E-state index contributed by atoms with van der Waals surface area (Å²) in [6.07, 6.45) is 2.41. The Morgan fingerprint density at radius 2 is 2.15 bits per heavy atom. The van der Waals surface area contributed by atoms with E-state index in [1.54, 1.807) is 0 Å². The van der Waals surface area contributed by atoms with E-state index in [2.05, 4.69) is 10.1 Å². The Hall–Kier alpha value is -1.03. The first-order chi connectivity index (χ1) is 6.33. The average Bonchev–Trinajstić information content (AvgIpc) is 2.71. The van der Waals surface area contributed by atoms with Crippen molar-refractivity contribution >= 4 is 5.82 Å². The Kier molecular flexibility index (Phi) is 2.22. The third-order valence-electron chi connectivity index (χ3n) is 2.53. The highest BCUT2D eigenvalue weighted by Gasteiger charge is 2.20. The van der Waals surface area contributed by atoms with Crippen molar-refractivity contribution in [1.82, 2.24) is 5.16 Å². The van der Waals surface area contributed by atoms with Crippen molar-refractivity contribution in [2.45, 2.75) is 26.4 Å². The van der Waals surface area contributed by atoms with Gasteiger partial charge in [-0.3, -0.25) is 0 Å². The highest BCUT2D eigenvalue weighted by molar-refractivity contribution is 5.47. The van der Waals surface area contributed by atoms with Gasteiger partial charge in [0.1, 0.15) is 5.76 Å². The fourth-order valence-corrected chi connectivity index (χ4v) is 1.74. The van der Waals surface area contributed by atoms with Crippen molar-refractivity contribution in [2.24, 2.45) is 0 Å². The van der Waals surface area contributed by atoms with Crippen molar-refractivity contribution in [2.75, 3.05) is 18.0 Å². The van der Waals surface area contributed by atoms with E-state index in [-0.39, 0.29) is 6.61 Å². The lowest BCUT2D eigenvalue weighted by atomic mass is 10.2. The van der Waals surface area contributed by atoms with Gasteiger partial charge in [-0.25, -0.2) is 0 Å². The van der Waals surface area contributed by atoms with Crippen LogP contribution < -0.4 is 4.90 Å². The quantitative estimate of drug-likeness (QED) is 0.743. The summed E-state index contributed by atoms with van der Waals surface area (Å²) in [5.74, 6) is 1.56. The third kappa shape index (κ3) is 1.42. The third-order valence-corrected chi connectivity index (χ3v) is 2.53. The van der Waals surface area contributed by atoms with Crippen LogP contribution in [0.1, 0.15) is 24.2 Å². The molecule has 4 heteroatoms. The van der Waals surface area contributed by atoms with Gasteiger partial charge in [0, 0.05) is 13.1 Å². The summed E-state index contributed by atoms with van der Waals surface area (Å²) in [7, 11) is 0. The second-order valence-electron chi connectivity index (χ2n) is 3.39. The number of aromatic nitrogens is 1. The lowest BCUT2D eigenvalue weighted by Gasteiger charge is -2.14. The zero-order chi connectivity index (χ0) is 9.26. The fraction of sp³-hybridized carbons (Fsp3) is 0.667. The molecule has 0 unspecified atom stereocenters. The number of hydrogen-bond acceptors (Lipinski definition) is 4. The van der Waals surface area contributed by atoms with Crippen LogP contribution in [0.4, 0.5) is 5.82 Å². The molecule has 1 fully saturated rings. The number of aliphatic hydroxyl groups is 1. The molecule has 1 saturated heterocycles. The van der Waals surface area contributed by atoms with Crippen LogP contribution in [0.5, 0.6) is 0 Å². The van der Waals surface area contributed by atoms with E-state index in [4.69, 9.17) is 9.63 Å². The maximum absolute atomic E-state index is 9.12. The van der Waals surface area contributed by atoms with E-state index in [1.807, 2.05) is 6.92 Å². The molecule has 1 aliphatic rings. The summed E-state index contributed by atoms with van der Waals surface area (Å²) in [5.41, 5.74) is 0.835. The van der Waals surface area contributed by atoms with Gasteiger partial charge in [0.15, 0.2) is 5.82 Å². The van der Waals surface area contributed by atoms with Gasteiger partial charge in [-0.2, -0.15) is 0 Å². The minimum atomic E-state index is 0.0150. The first kappa shape index (κ1) is 8.56. The molecule has 0 aliphatic carbocycles. The molecule has 2 rings (SSSR count). The Labute approximate surface area is 77.1 Å². The monoisotopic (exact) mass is 182 g/mol. The van der Waals surface area contributed by atoms with Crippen LogP contribution in [0.25, 0.3) is 0 Å². The van der Waals surface area contributed by atoms with Gasteiger partial charge in [-0.05, 0) is 19.8 Å². The molecule has 0 radical (unpaired) electrons. The molecule has 1 aromatic heterocycles. The van der Waals surface area contributed by atoms with E-state index in [0.717, 1.165) is 30.2 Å². The van der Waals surface area contributed by atoms with Crippen LogP contribution >= 0.6 is 0 Å². The minimum absolute atomic E-state index is 0.0150. The Morgan fingerprint density at radius 3 is 2.77 bits per heavy atom. The van der Waals surface area contributed by atoms with E-state index in [9.17, 15) is 0 Å². The van der Waals surface area contributed by atoms with Gasteiger partial charge in [0.05, 0.1) is 12.2 Å². The van der Waals surface area contributed by atoms with Crippen molar-refractivity contribution in [1.29, 1.82) is 0 Å². The van der Waals surface area contributed by atoms with Crippen LogP contribution in [0.15, 0.2) is 4.52 Å². The normalized spacial score (nSPS) is 16.9. The first-order valence-electron chi connectivity index (χ1n) is 4.64. The van der Waals surface area contributed by atoms with Crippen molar-refractivity contribution in [3.63, 3.8) is 0 Å². The maximum Gasteiger partial charge on any atom is 0.177 e. The second kappa shape index (κ2) is 3.38. The predicted molar refractivity (Wildman–Crippen MR) is 48.6 cm³/mol. The molecule has 72 valence electrons. The number of hydrogen-bond donors (Lipinski definition) is 1. The zero-order valence-electron chi connectivity index (χ0n) is 7.79. The summed E-state index contributed by atoms with van der Waals surface area (Å²) in [6, 6.07) is 0. The molecular formula is C9H14N2O2. The smallest absolute Gasteiger partial charge is 0.177 e. The lowest BCUT2D eigenvalue weighted by molar-refractivity contribution is 0.278. The van der Waals surface area contributed by atoms with Crippen molar-refractivity contribution in [3.05, 3.63) is 11.3 Å². The van der Waals surface area contributed by atoms with Crippen LogP contribution in [-0.2, 0) is 6.61 Å². The number of aliphatic hydroxyl groups excluding tert-OH is 1. The van der Waals surface area contributed by atoms with Crippen LogP contribution in [-0.4, -0.2) is 23.4 Å². The fourth-order valence-electron chi connectivity index (χ4n) is 1.74. The molecule has 4 nitrogen and oxygen atoms in total. The topological polar surface area (TPSA) is 49.5 Å². The van der Waals surface area contributed by atoms with Crippen LogP contribution in [0, 0.1) is 6.92 Å². The van der Waals surface area contributed by atoms with Gasteiger partial charge < -0.3 is 14.5 Å². The Bertz CT molecular complexity index is 290. The van der Waals surface area contributed by atoms with Gasteiger partial charge in [0.2, 0.25) is 0 Å². The summed E-state index contributed by atoms with van der Waals surface area (Å²) < 4.78 is 5.05. The summed E-state index contributed by atoms with van der Waals surface area (Å²) >= 11 is 0. The van der Waals surface area contributed by atoms with Gasteiger partial charge in [-0.1, -0.05) is 5.16 Å². The van der Waals surface area contributed by atoms with Gasteiger partial charge in [0.25, 0.3) is 0 Å². The molecule has 1 aliphatic heterocycles. The zero-order valence-corrected chi connectivity index (χ0v) is 7.79. The predicted octanol–water partition coefficient (Wildman–Crippen LogP) is 1.08. The molecule has 0 spiro atoms. The van der Waals surface area contributed by atoms with E-state index in [1.165, 1.54) is 12.8 Å². The van der Waals surface area contributed by atoms with E-state index >= 15 is 0 Å². The molecule has 13 heavy (non-hydrogen) atoms. The second-order valence-corrected chi connectivity index (χ2v) is 3.39. The van der Waals surface area contributed by atoms with Crippen LogP contribution in [0.2, 0.25) is 0 Å². The van der Waals surface area contributed by atoms with Crippen molar-refractivity contribution in [3.8, 4) is 0 Å². The minimum Gasteiger partial charge on any atom is -0.391 e. The number of rotatable bonds is 2. The number of anilines is 1. The van der Waals surface area contributed by atoms with E-state index < -0.39 is 0 Å². The SMILES string of the molecule is Cc1onc(N2CCCC2)c1CO. The largest absolute Gasteiger partial charge is 0.391 e. The molecule has 1 N–H and O–H groups in total. The van der Waals surface area contributed by atoms with Gasteiger partial charge >= 0.3 is 0 Å². The highest BCUT2D eigenvalue weighted by atomic mass is 16.5. The molecule has 2 heterocycles. The van der Waals surface area contributed by atoms with Gasteiger partial charge in [-0.15, -0.1) is 0 Å². The summed E-state index contributed by atoms with van der Waals surface area (Å²) in [6.45, 7) is 3.90. The number of aryl methyl sites for hydroxylation is 1. The first-order valence-corrected chi connectivity index (χ1v) is 4.64. The molecule has 0 saturated carbocycles. The molecule has 0 bridgehead atoms. The van der Waals surface area contributed by atoms with Crippen molar-refractivity contribution < 1.29 is 9.63 Å². The molecule has 0 amide bonds. The van der Waals surface area contributed by atoms with E-state index in [0.29, 0.717) is 0 Å². The highest BCUT2D eigenvalue weighted by Crippen LogP contribution is 2.25. The molecule has 0 aromatic carbocycles. The molecular weight excluding hydrogens is 168 g/mol. The lowest BCUT2D eigenvalue weighted by Crippen LogP contribution is -2.19.